The summed E-state index contributed by atoms with van der Waals surface area (Å²) in [5, 5.41) is 2.44. The van der Waals surface area contributed by atoms with Crippen LogP contribution >= 0.6 is 0 Å². The maximum atomic E-state index is 5.39. The molecule has 13 rings (SSSR count). The number of aromatic nitrogens is 3. The number of benzene rings is 10. The van der Waals surface area contributed by atoms with Crippen molar-refractivity contribution in [2.24, 2.45) is 0 Å². The lowest BCUT2D eigenvalue weighted by Gasteiger charge is -2.46. The van der Waals surface area contributed by atoms with Gasteiger partial charge in [-0.25, -0.2) is 9.97 Å². The first kappa shape index (κ1) is 40.2. The summed E-state index contributed by atoms with van der Waals surface area (Å²) in [5.74, 6) is 0.616. The highest BCUT2D eigenvalue weighted by Gasteiger charge is 2.47. The maximum Gasteiger partial charge on any atom is 0.235 e. The van der Waals surface area contributed by atoms with Gasteiger partial charge in [-0.1, -0.05) is 212 Å². The van der Waals surface area contributed by atoms with Crippen molar-refractivity contribution in [2.75, 3.05) is 4.90 Å². The predicted octanol–water partition coefficient (Wildman–Crippen LogP) is 16.4. The fraction of sp³-hybridized carbons (Fsp3) is 0.0154. The molecule has 0 unspecified atom stereocenters. The van der Waals surface area contributed by atoms with E-state index in [4.69, 9.17) is 9.97 Å². The SMILES string of the molecule is c1ccc(-c2ccc(-n3c4ccccc4c4cc(-c5cccc(C6(c7ccccc7)c7ccccc7N(c7nc(-c8ccccc8)cc(-c8ccccc8)n7)c7ccccc76)c5)ccc43)cc2)cc1. The van der Waals surface area contributed by atoms with Crippen molar-refractivity contribution in [3.05, 3.63) is 289 Å². The average Bonchev–Trinajstić information content (AvgIpc) is 3.77. The van der Waals surface area contributed by atoms with Gasteiger partial charge in [-0.05, 0) is 99.1 Å². The van der Waals surface area contributed by atoms with Gasteiger partial charge in [0.15, 0.2) is 0 Å². The minimum absolute atomic E-state index is 0.616. The monoisotopic (exact) mass is 880 g/mol. The lowest BCUT2D eigenvalue weighted by Crippen LogP contribution is -2.38. The van der Waals surface area contributed by atoms with Crippen LogP contribution in [-0.2, 0) is 5.41 Å². The van der Waals surface area contributed by atoms with E-state index < -0.39 is 5.41 Å². The van der Waals surface area contributed by atoms with Crippen molar-refractivity contribution in [3.8, 4) is 50.5 Å². The molecule has 1 aliphatic rings. The van der Waals surface area contributed by atoms with E-state index in [9.17, 15) is 0 Å². The molecule has 0 spiro atoms. The van der Waals surface area contributed by atoms with E-state index in [1.165, 1.54) is 44.1 Å². The van der Waals surface area contributed by atoms with Gasteiger partial charge in [0.1, 0.15) is 0 Å². The van der Waals surface area contributed by atoms with Gasteiger partial charge >= 0.3 is 0 Å². The molecule has 0 N–H and O–H groups in total. The summed E-state index contributed by atoms with van der Waals surface area (Å²) < 4.78 is 2.40. The largest absolute Gasteiger partial charge is 0.309 e. The highest BCUT2D eigenvalue weighted by atomic mass is 15.3. The second-order valence-electron chi connectivity index (χ2n) is 17.7. The Bertz CT molecular complexity index is 3720. The Morgan fingerprint density at radius 2 is 0.768 bits per heavy atom. The highest BCUT2D eigenvalue weighted by molar-refractivity contribution is 6.10. The van der Waals surface area contributed by atoms with Crippen LogP contribution in [0, 0.1) is 0 Å². The van der Waals surface area contributed by atoms with Gasteiger partial charge in [-0.2, -0.15) is 0 Å². The average molecular weight is 881 g/mol. The zero-order valence-electron chi connectivity index (χ0n) is 37.7. The van der Waals surface area contributed by atoms with E-state index in [-0.39, 0.29) is 0 Å². The van der Waals surface area contributed by atoms with Gasteiger partial charge in [0.2, 0.25) is 5.95 Å². The number of anilines is 3. The number of hydrogen-bond acceptors (Lipinski definition) is 3. The van der Waals surface area contributed by atoms with Crippen LogP contribution in [0.4, 0.5) is 17.3 Å². The molecule has 4 nitrogen and oxygen atoms in total. The zero-order valence-corrected chi connectivity index (χ0v) is 37.7. The molecule has 12 aromatic rings. The molecule has 0 saturated heterocycles. The number of nitrogens with zero attached hydrogens (tertiary/aromatic N) is 4. The Hall–Kier alpha value is -9.12. The van der Waals surface area contributed by atoms with Gasteiger partial charge in [0, 0.05) is 27.6 Å². The molecule has 1 aliphatic heterocycles. The van der Waals surface area contributed by atoms with Crippen LogP contribution in [0.15, 0.2) is 267 Å². The third kappa shape index (κ3) is 6.68. The number of hydrogen-bond donors (Lipinski definition) is 0. The molecule has 0 bridgehead atoms. The van der Waals surface area contributed by atoms with Crippen LogP contribution in [0.2, 0.25) is 0 Å². The molecule has 0 saturated carbocycles. The summed E-state index contributed by atoms with van der Waals surface area (Å²) in [6.45, 7) is 0. The lowest BCUT2D eigenvalue weighted by molar-refractivity contribution is 0.729. The zero-order chi connectivity index (χ0) is 45.7. The van der Waals surface area contributed by atoms with Crippen LogP contribution in [-0.4, -0.2) is 14.5 Å². The molecular formula is C65H44N4. The Morgan fingerprint density at radius 1 is 0.304 bits per heavy atom. The Kier molecular flexibility index (Phi) is 9.69. The van der Waals surface area contributed by atoms with Gasteiger partial charge < -0.3 is 4.57 Å². The van der Waals surface area contributed by atoms with Crippen LogP contribution in [0.1, 0.15) is 22.3 Å². The minimum atomic E-state index is -0.702. The first-order valence-electron chi connectivity index (χ1n) is 23.6. The van der Waals surface area contributed by atoms with E-state index in [2.05, 4.69) is 264 Å². The lowest BCUT2D eigenvalue weighted by atomic mass is 9.62. The van der Waals surface area contributed by atoms with Crippen LogP contribution in [0.5, 0.6) is 0 Å². The van der Waals surface area contributed by atoms with Crippen LogP contribution < -0.4 is 4.90 Å². The summed E-state index contributed by atoms with van der Waals surface area (Å²) in [5.41, 5.74) is 18.0. The van der Waals surface area contributed by atoms with E-state index in [0.717, 1.165) is 61.8 Å². The van der Waals surface area contributed by atoms with E-state index in [1.54, 1.807) is 0 Å². The van der Waals surface area contributed by atoms with E-state index in [0.29, 0.717) is 5.95 Å². The van der Waals surface area contributed by atoms with Crippen molar-refractivity contribution in [1.29, 1.82) is 0 Å². The van der Waals surface area contributed by atoms with Crippen molar-refractivity contribution < 1.29 is 0 Å². The molecule has 69 heavy (non-hydrogen) atoms. The summed E-state index contributed by atoms with van der Waals surface area (Å²) in [6.07, 6.45) is 0. The van der Waals surface area contributed by atoms with E-state index in [1.807, 2.05) is 12.1 Å². The highest BCUT2D eigenvalue weighted by Crippen LogP contribution is 2.57. The van der Waals surface area contributed by atoms with E-state index >= 15 is 0 Å². The molecule has 0 aliphatic carbocycles. The van der Waals surface area contributed by atoms with Gasteiger partial charge in [0.25, 0.3) is 0 Å². The third-order valence-electron chi connectivity index (χ3n) is 13.9. The topological polar surface area (TPSA) is 34.0 Å². The van der Waals surface area contributed by atoms with Crippen LogP contribution in [0.3, 0.4) is 0 Å². The second kappa shape index (κ2) is 16.6. The van der Waals surface area contributed by atoms with Crippen molar-refractivity contribution in [3.63, 3.8) is 0 Å². The van der Waals surface area contributed by atoms with Crippen molar-refractivity contribution in [1.82, 2.24) is 14.5 Å². The molecule has 4 heteroatoms. The summed E-state index contributed by atoms with van der Waals surface area (Å²) in [6, 6.07) is 96.0. The van der Waals surface area contributed by atoms with Crippen molar-refractivity contribution in [2.45, 2.75) is 5.41 Å². The number of fused-ring (bicyclic) bond motifs is 5. The molecule has 3 heterocycles. The number of rotatable bonds is 8. The first-order valence-corrected chi connectivity index (χ1v) is 23.6. The Balaban J connectivity index is 0.987. The molecule has 0 amide bonds. The standard InChI is InChI=1S/C65H44N4/c1-5-20-45(21-6-1)46-36-39-53(40-37-46)68-60-33-16-13-30-54(60)55-43-50(38-41-61(55)68)49-26-19-29-52(42-49)65(51-27-11-4-12-28-51)56-31-14-17-34-62(56)69(63-35-18-15-32-57(63)65)64-66-58(47-22-7-2-8-23-47)44-59(67-64)48-24-9-3-10-25-48/h1-44H. The van der Waals surface area contributed by atoms with Gasteiger partial charge in [0.05, 0.1) is 39.2 Å². The van der Waals surface area contributed by atoms with Gasteiger partial charge in [-0.3, -0.25) is 4.90 Å². The minimum Gasteiger partial charge on any atom is -0.309 e. The van der Waals surface area contributed by atoms with Crippen molar-refractivity contribution >= 4 is 39.1 Å². The molecule has 324 valence electrons. The molecular weight excluding hydrogens is 837 g/mol. The summed E-state index contributed by atoms with van der Waals surface area (Å²) in [7, 11) is 0. The molecule has 0 fully saturated rings. The first-order chi connectivity index (χ1) is 34.2. The number of para-hydroxylation sites is 3. The predicted molar refractivity (Wildman–Crippen MR) is 285 cm³/mol. The third-order valence-corrected chi connectivity index (χ3v) is 13.9. The summed E-state index contributed by atoms with van der Waals surface area (Å²) >= 11 is 0. The smallest absolute Gasteiger partial charge is 0.235 e. The fourth-order valence-electron chi connectivity index (χ4n) is 10.8. The quantitative estimate of drug-likeness (QED) is 0.152. The molecule has 2 aromatic heterocycles. The van der Waals surface area contributed by atoms with Gasteiger partial charge in [-0.15, -0.1) is 0 Å². The molecule has 0 atom stereocenters. The molecule has 0 radical (unpaired) electrons. The Labute approximate surface area is 401 Å². The van der Waals surface area contributed by atoms with Crippen LogP contribution in [0.25, 0.3) is 72.3 Å². The fourth-order valence-corrected chi connectivity index (χ4v) is 10.8. The Morgan fingerprint density at radius 3 is 1.41 bits per heavy atom. The maximum absolute atomic E-state index is 5.39. The second-order valence-corrected chi connectivity index (χ2v) is 17.7. The normalized spacial score (nSPS) is 12.7. The molecule has 10 aromatic carbocycles. The summed E-state index contributed by atoms with van der Waals surface area (Å²) in [4.78, 5) is 13.1.